The highest BCUT2D eigenvalue weighted by Crippen LogP contribution is 2.21. The molecule has 0 bridgehead atoms. The fourth-order valence-corrected chi connectivity index (χ4v) is 2.10. The number of methoxy groups -OCH3 is 2. The number of ether oxygens (including phenoxy) is 3. The van der Waals surface area contributed by atoms with Gasteiger partial charge in [0.1, 0.15) is 0 Å². The first kappa shape index (κ1) is 20.5. The largest absolute Gasteiger partial charge is 0.452 e. The highest BCUT2D eigenvalue weighted by molar-refractivity contribution is 5.93. The molecule has 1 amide bonds. The second kappa shape index (κ2) is 10.4. The zero-order valence-electron chi connectivity index (χ0n) is 14.5. The van der Waals surface area contributed by atoms with Crippen molar-refractivity contribution in [3.8, 4) is 0 Å². The van der Waals surface area contributed by atoms with Gasteiger partial charge in [-0.15, -0.1) is 0 Å². The van der Waals surface area contributed by atoms with Crippen molar-refractivity contribution in [2.24, 2.45) is 0 Å². The van der Waals surface area contributed by atoms with Crippen molar-refractivity contribution in [2.75, 3.05) is 47.1 Å². The van der Waals surface area contributed by atoms with E-state index < -0.39 is 23.4 Å². The maximum Gasteiger partial charge on any atom is 0.339 e. The predicted molar refractivity (Wildman–Crippen MR) is 88.4 cm³/mol. The zero-order valence-corrected chi connectivity index (χ0v) is 14.5. The fourth-order valence-electron chi connectivity index (χ4n) is 2.10. The third-order valence-corrected chi connectivity index (χ3v) is 3.53. The van der Waals surface area contributed by atoms with Gasteiger partial charge in [-0.1, -0.05) is 6.07 Å². The van der Waals surface area contributed by atoms with Crippen molar-refractivity contribution in [3.63, 3.8) is 0 Å². The Labute approximate surface area is 145 Å². The molecule has 0 N–H and O–H groups in total. The van der Waals surface area contributed by atoms with Gasteiger partial charge in [0.2, 0.25) is 0 Å². The molecule has 0 aromatic heterocycles. The number of rotatable bonds is 10. The van der Waals surface area contributed by atoms with Crippen molar-refractivity contribution in [1.82, 2.24) is 4.90 Å². The summed E-state index contributed by atoms with van der Waals surface area (Å²) in [6, 6.07) is 4.12. The minimum absolute atomic E-state index is 0.0577. The van der Waals surface area contributed by atoms with E-state index in [9.17, 15) is 19.7 Å². The van der Waals surface area contributed by atoms with Crippen LogP contribution in [-0.2, 0) is 19.0 Å². The van der Waals surface area contributed by atoms with E-state index in [1.165, 1.54) is 44.2 Å². The molecule has 25 heavy (non-hydrogen) atoms. The van der Waals surface area contributed by atoms with Gasteiger partial charge in [0.25, 0.3) is 11.6 Å². The van der Waals surface area contributed by atoms with Crippen LogP contribution in [0.15, 0.2) is 18.2 Å². The molecule has 0 spiro atoms. The summed E-state index contributed by atoms with van der Waals surface area (Å²) < 4.78 is 14.9. The Morgan fingerprint density at radius 3 is 2.28 bits per heavy atom. The van der Waals surface area contributed by atoms with Gasteiger partial charge in [-0.2, -0.15) is 0 Å². The smallest absolute Gasteiger partial charge is 0.339 e. The first-order chi connectivity index (χ1) is 11.9. The summed E-state index contributed by atoms with van der Waals surface area (Å²) in [6.07, 6.45) is 0. The minimum atomic E-state index is -0.784. The van der Waals surface area contributed by atoms with Gasteiger partial charge in [-0.05, 0) is 13.0 Å². The average Bonchev–Trinajstić information content (AvgIpc) is 2.59. The summed E-state index contributed by atoms with van der Waals surface area (Å²) in [5, 5.41) is 10.9. The summed E-state index contributed by atoms with van der Waals surface area (Å²) in [4.78, 5) is 36.1. The van der Waals surface area contributed by atoms with Crippen LogP contribution in [0.4, 0.5) is 5.69 Å². The molecule has 0 radical (unpaired) electrons. The van der Waals surface area contributed by atoms with Crippen LogP contribution in [0.2, 0.25) is 0 Å². The molecule has 1 aromatic carbocycles. The highest BCUT2D eigenvalue weighted by atomic mass is 16.6. The Balaban J connectivity index is 2.72. The molecule has 0 saturated carbocycles. The van der Waals surface area contributed by atoms with Crippen molar-refractivity contribution >= 4 is 17.6 Å². The van der Waals surface area contributed by atoms with E-state index in [2.05, 4.69) is 0 Å². The molecule has 9 heteroatoms. The lowest BCUT2D eigenvalue weighted by Gasteiger charge is -2.21. The predicted octanol–water partition coefficient (Wildman–Crippen LogP) is 1.18. The molecule has 0 saturated heterocycles. The number of benzene rings is 1. The van der Waals surface area contributed by atoms with E-state index in [0.29, 0.717) is 26.3 Å². The Morgan fingerprint density at radius 2 is 1.76 bits per heavy atom. The number of hydrogen-bond acceptors (Lipinski definition) is 7. The molecule has 0 atom stereocenters. The van der Waals surface area contributed by atoms with Crippen LogP contribution < -0.4 is 0 Å². The van der Waals surface area contributed by atoms with Crippen LogP contribution in [0, 0.1) is 17.0 Å². The summed E-state index contributed by atoms with van der Waals surface area (Å²) in [5.74, 6) is -1.18. The molecule has 1 aromatic rings. The molecule has 0 fully saturated rings. The standard InChI is InChI=1S/C16H22N2O7/c1-12-13(5-4-6-14(12)18(21)22)16(20)25-11-15(19)17(7-9-23-2)8-10-24-3/h4-6H,7-11H2,1-3H3. The molecule has 0 aliphatic heterocycles. The van der Waals surface area contributed by atoms with Crippen LogP contribution in [0.5, 0.6) is 0 Å². The topological polar surface area (TPSA) is 108 Å². The van der Waals surface area contributed by atoms with Gasteiger partial charge in [0.05, 0.1) is 23.7 Å². The van der Waals surface area contributed by atoms with Crippen LogP contribution in [0.25, 0.3) is 0 Å². The average molecular weight is 354 g/mol. The van der Waals surface area contributed by atoms with E-state index in [1.54, 1.807) is 0 Å². The number of carbonyl (C=O) groups excluding carboxylic acids is 2. The van der Waals surface area contributed by atoms with Crippen LogP contribution in [0.3, 0.4) is 0 Å². The summed E-state index contributed by atoms with van der Waals surface area (Å²) >= 11 is 0. The zero-order chi connectivity index (χ0) is 18.8. The van der Waals surface area contributed by atoms with Gasteiger partial charge in [-0.3, -0.25) is 14.9 Å². The first-order valence-electron chi connectivity index (χ1n) is 7.59. The minimum Gasteiger partial charge on any atom is -0.452 e. The molecule has 0 unspecified atom stereocenters. The number of carbonyl (C=O) groups is 2. The Bertz CT molecular complexity index is 611. The van der Waals surface area contributed by atoms with E-state index in [1.807, 2.05) is 0 Å². The molecule has 1 rings (SSSR count). The van der Waals surface area contributed by atoms with Gasteiger partial charge >= 0.3 is 5.97 Å². The molecule has 0 aliphatic rings. The Kier molecular flexibility index (Phi) is 8.51. The van der Waals surface area contributed by atoms with Crippen LogP contribution in [-0.4, -0.2) is 68.8 Å². The Hall–Kier alpha value is -2.52. The number of hydrogen-bond donors (Lipinski definition) is 0. The number of esters is 1. The van der Waals surface area contributed by atoms with Crippen molar-refractivity contribution in [1.29, 1.82) is 0 Å². The molecule has 0 aliphatic carbocycles. The summed E-state index contributed by atoms with van der Waals surface area (Å²) in [7, 11) is 3.04. The van der Waals surface area contributed by atoms with E-state index in [0.717, 1.165) is 0 Å². The van der Waals surface area contributed by atoms with Gasteiger partial charge in [0, 0.05) is 38.9 Å². The SMILES string of the molecule is COCCN(CCOC)C(=O)COC(=O)c1cccc([N+](=O)[O-])c1C. The quantitative estimate of drug-likeness (QED) is 0.353. The van der Waals surface area contributed by atoms with E-state index in [-0.39, 0.29) is 16.8 Å². The van der Waals surface area contributed by atoms with Crippen molar-refractivity contribution in [2.45, 2.75) is 6.92 Å². The lowest BCUT2D eigenvalue weighted by molar-refractivity contribution is -0.385. The second-order valence-corrected chi connectivity index (χ2v) is 5.15. The molecule has 138 valence electrons. The van der Waals surface area contributed by atoms with E-state index in [4.69, 9.17) is 14.2 Å². The lowest BCUT2D eigenvalue weighted by atomic mass is 10.1. The molecular formula is C16H22N2O7. The number of nitro benzene ring substituents is 1. The fraction of sp³-hybridized carbons (Fsp3) is 0.500. The second-order valence-electron chi connectivity index (χ2n) is 5.15. The summed E-state index contributed by atoms with van der Waals surface area (Å²) in [5.41, 5.74) is 0.0745. The molecular weight excluding hydrogens is 332 g/mol. The van der Waals surface area contributed by atoms with Gasteiger partial charge in [0.15, 0.2) is 6.61 Å². The van der Waals surface area contributed by atoms with E-state index >= 15 is 0 Å². The van der Waals surface area contributed by atoms with Crippen molar-refractivity contribution in [3.05, 3.63) is 39.4 Å². The van der Waals surface area contributed by atoms with Crippen molar-refractivity contribution < 1.29 is 28.7 Å². The van der Waals surface area contributed by atoms with Crippen LogP contribution in [0.1, 0.15) is 15.9 Å². The number of nitrogens with zero attached hydrogens (tertiary/aromatic N) is 2. The third-order valence-electron chi connectivity index (χ3n) is 3.53. The molecule has 0 heterocycles. The number of amides is 1. The maximum atomic E-state index is 12.2. The Morgan fingerprint density at radius 1 is 1.16 bits per heavy atom. The van der Waals surface area contributed by atoms with Crippen LogP contribution >= 0.6 is 0 Å². The van der Waals surface area contributed by atoms with Gasteiger partial charge in [-0.25, -0.2) is 4.79 Å². The summed E-state index contributed by atoms with van der Waals surface area (Å²) in [6.45, 7) is 2.35. The lowest BCUT2D eigenvalue weighted by Crippen LogP contribution is -2.39. The highest BCUT2D eigenvalue weighted by Gasteiger charge is 2.21. The normalized spacial score (nSPS) is 10.4. The monoisotopic (exact) mass is 354 g/mol. The van der Waals surface area contributed by atoms with Gasteiger partial charge < -0.3 is 19.1 Å². The first-order valence-corrected chi connectivity index (χ1v) is 7.59. The number of nitro groups is 1. The molecule has 9 nitrogen and oxygen atoms in total. The maximum absolute atomic E-state index is 12.2. The third kappa shape index (κ3) is 6.12.